The van der Waals surface area contributed by atoms with E-state index >= 15 is 0 Å². The molecule has 2 aromatic heterocycles. The summed E-state index contributed by atoms with van der Waals surface area (Å²) >= 11 is 6.04. The Morgan fingerprint density at radius 2 is 2.17 bits per heavy atom. The number of aromatic nitrogens is 4. The predicted octanol–water partition coefficient (Wildman–Crippen LogP) is 3.24. The normalized spacial score (nSPS) is 14.0. The van der Waals surface area contributed by atoms with Gasteiger partial charge in [0.15, 0.2) is 5.65 Å². The fourth-order valence-corrected chi connectivity index (χ4v) is 3.75. The molecule has 2 heterocycles. The highest BCUT2D eigenvalue weighted by molar-refractivity contribution is 6.30. The van der Waals surface area contributed by atoms with Crippen molar-refractivity contribution in [2.45, 2.75) is 38.6 Å². The van der Waals surface area contributed by atoms with Crippen LogP contribution in [0.2, 0.25) is 5.02 Å². The van der Waals surface area contributed by atoms with Crippen LogP contribution in [0, 0.1) is 0 Å². The minimum absolute atomic E-state index is 0.0663. The van der Waals surface area contributed by atoms with Gasteiger partial charge in [-0.3, -0.25) is 14.2 Å². The van der Waals surface area contributed by atoms with Crippen molar-refractivity contribution in [2.75, 3.05) is 6.54 Å². The van der Waals surface area contributed by atoms with Crippen LogP contribution in [-0.4, -0.2) is 31.8 Å². The van der Waals surface area contributed by atoms with Gasteiger partial charge in [0, 0.05) is 11.6 Å². The van der Waals surface area contributed by atoms with Gasteiger partial charge < -0.3 is 5.32 Å². The van der Waals surface area contributed by atoms with E-state index < -0.39 is 0 Å². The first-order chi connectivity index (χ1) is 14.1. The third kappa shape index (κ3) is 4.40. The van der Waals surface area contributed by atoms with Crippen LogP contribution in [0.3, 0.4) is 0 Å². The van der Waals surface area contributed by atoms with Crippen molar-refractivity contribution in [3.8, 4) is 5.69 Å². The van der Waals surface area contributed by atoms with Gasteiger partial charge in [-0.15, -0.1) is 0 Å². The fourth-order valence-electron chi connectivity index (χ4n) is 3.56. The molecule has 8 heteroatoms. The number of nitrogens with one attached hydrogen (secondary N) is 1. The molecule has 1 amide bonds. The zero-order valence-corrected chi connectivity index (χ0v) is 16.7. The summed E-state index contributed by atoms with van der Waals surface area (Å²) < 4.78 is 2.87. The summed E-state index contributed by atoms with van der Waals surface area (Å²) in [7, 11) is 0. The summed E-state index contributed by atoms with van der Waals surface area (Å²) in [5.74, 6) is -0.202. The number of hydrogen-bond donors (Lipinski definition) is 1. The van der Waals surface area contributed by atoms with Gasteiger partial charge in [0.25, 0.3) is 5.56 Å². The Bertz CT molecular complexity index is 1130. The van der Waals surface area contributed by atoms with Gasteiger partial charge in [0.05, 0.1) is 11.9 Å². The van der Waals surface area contributed by atoms with Gasteiger partial charge in [-0.2, -0.15) is 5.10 Å². The molecule has 7 nitrogen and oxygen atoms in total. The number of amides is 1. The van der Waals surface area contributed by atoms with Crippen LogP contribution >= 0.6 is 11.6 Å². The van der Waals surface area contributed by atoms with Crippen LogP contribution in [0.1, 0.15) is 32.1 Å². The first kappa shape index (κ1) is 19.4. The van der Waals surface area contributed by atoms with Crippen molar-refractivity contribution >= 4 is 28.5 Å². The molecule has 0 radical (unpaired) electrons. The highest BCUT2D eigenvalue weighted by Crippen LogP contribution is 2.19. The largest absolute Gasteiger partial charge is 0.354 e. The number of hydrogen-bond acceptors (Lipinski definition) is 4. The molecular formula is C21H22ClN5O2. The van der Waals surface area contributed by atoms with E-state index in [0.717, 1.165) is 19.3 Å². The molecule has 0 aliphatic heterocycles. The molecule has 4 rings (SSSR count). The number of fused-ring (bicyclic) bond motifs is 1. The molecule has 29 heavy (non-hydrogen) atoms. The lowest BCUT2D eigenvalue weighted by molar-refractivity contribution is -0.121. The van der Waals surface area contributed by atoms with Crippen molar-refractivity contribution in [3.63, 3.8) is 0 Å². The minimum Gasteiger partial charge on any atom is -0.354 e. The lowest BCUT2D eigenvalue weighted by Gasteiger charge is -2.13. The number of halogens is 1. The summed E-state index contributed by atoms with van der Waals surface area (Å²) in [6.45, 7) is 0.519. The molecule has 0 bridgehead atoms. The second-order valence-corrected chi connectivity index (χ2v) is 7.60. The fraction of sp³-hybridized carbons (Fsp3) is 0.333. The van der Waals surface area contributed by atoms with Crippen LogP contribution in [0.4, 0.5) is 0 Å². The average molecular weight is 412 g/mol. The van der Waals surface area contributed by atoms with Gasteiger partial charge in [-0.05, 0) is 50.3 Å². The maximum Gasteiger partial charge on any atom is 0.264 e. The van der Waals surface area contributed by atoms with E-state index in [1.54, 1.807) is 22.9 Å². The van der Waals surface area contributed by atoms with Crippen LogP contribution in [-0.2, 0) is 11.3 Å². The van der Waals surface area contributed by atoms with Gasteiger partial charge in [-0.1, -0.05) is 29.3 Å². The second-order valence-electron chi connectivity index (χ2n) is 7.16. The SMILES string of the molecule is O=C(Cn1cnc2c(cnn2-c2cccc(Cl)c2)c1=O)NCCC1=CCCCC1. The summed E-state index contributed by atoms with van der Waals surface area (Å²) in [6, 6.07) is 7.15. The van der Waals surface area contributed by atoms with Crippen LogP contribution in [0.15, 0.2) is 53.2 Å². The van der Waals surface area contributed by atoms with E-state index in [-0.39, 0.29) is 18.0 Å². The van der Waals surface area contributed by atoms with E-state index in [1.165, 1.54) is 35.5 Å². The van der Waals surface area contributed by atoms with E-state index in [9.17, 15) is 9.59 Å². The molecule has 1 aliphatic rings. The van der Waals surface area contributed by atoms with Crippen molar-refractivity contribution in [1.29, 1.82) is 0 Å². The van der Waals surface area contributed by atoms with Gasteiger partial charge in [-0.25, -0.2) is 9.67 Å². The lowest BCUT2D eigenvalue weighted by atomic mass is 9.97. The zero-order chi connectivity index (χ0) is 20.2. The highest BCUT2D eigenvalue weighted by atomic mass is 35.5. The molecule has 0 unspecified atom stereocenters. The number of nitrogens with zero attached hydrogens (tertiary/aromatic N) is 4. The maximum absolute atomic E-state index is 12.8. The average Bonchev–Trinajstić information content (AvgIpc) is 3.16. The lowest BCUT2D eigenvalue weighted by Crippen LogP contribution is -2.33. The molecule has 150 valence electrons. The Kier molecular flexibility index (Phi) is 5.76. The van der Waals surface area contributed by atoms with Crippen molar-refractivity contribution in [1.82, 2.24) is 24.6 Å². The number of benzene rings is 1. The van der Waals surface area contributed by atoms with Gasteiger partial charge in [0.2, 0.25) is 5.91 Å². The Hall–Kier alpha value is -2.93. The molecule has 0 spiro atoms. The molecule has 0 fully saturated rings. The number of carbonyl (C=O) groups is 1. The monoisotopic (exact) mass is 411 g/mol. The first-order valence-corrected chi connectivity index (χ1v) is 10.1. The zero-order valence-electron chi connectivity index (χ0n) is 16.0. The first-order valence-electron chi connectivity index (χ1n) is 9.75. The maximum atomic E-state index is 12.8. The molecule has 3 aromatic rings. The Balaban J connectivity index is 1.46. The molecule has 1 aliphatic carbocycles. The van der Waals surface area contributed by atoms with Gasteiger partial charge in [0.1, 0.15) is 18.3 Å². The van der Waals surface area contributed by atoms with Crippen LogP contribution < -0.4 is 10.9 Å². The van der Waals surface area contributed by atoms with Crippen molar-refractivity contribution in [2.24, 2.45) is 0 Å². The van der Waals surface area contributed by atoms with E-state index in [2.05, 4.69) is 21.5 Å². The molecule has 0 saturated heterocycles. The Morgan fingerprint density at radius 3 is 2.97 bits per heavy atom. The molecule has 0 atom stereocenters. The molecular weight excluding hydrogens is 390 g/mol. The van der Waals surface area contributed by atoms with Crippen LogP contribution in [0.25, 0.3) is 16.7 Å². The standard InChI is InChI=1S/C21H22ClN5O2/c22-16-7-4-8-17(11-16)27-20-18(12-25-27)21(29)26(14-24-20)13-19(28)23-10-9-15-5-2-1-3-6-15/h4-5,7-8,11-12,14H,1-3,6,9-10,13H2,(H,23,28). The quantitative estimate of drug-likeness (QED) is 0.631. The number of carbonyl (C=O) groups excluding carboxylic acids is 1. The number of allylic oxidation sites excluding steroid dienone is 1. The van der Waals surface area contributed by atoms with E-state index in [4.69, 9.17) is 11.6 Å². The smallest absolute Gasteiger partial charge is 0.264 e. The van der Waals surface area contributed by atoms with E-state index in [1.807, 2.05) is 6.07 Å². The van der Waals surface area contributed by atoms with Crippen molar-refractivity contribution in [3.05, 3.63) is 63.8 Å². The Labute approximate surface area is 173 Å². The summed E-state index contributed by atoms with van der Waals surface area (Å²) in [5, 5.41) is 8.08. The van der Waals surface area contributed by atoms with Gasteiger partial charge >= 0.3 is 0 Å². The third-order valence-corrected chi connectivity index (χ3v) is 5.31. The number of rotatable bonds is 6. The summed E-state index contributed by atoms with van der Waals surface area (Å²) in [4.78, 5) is 29.4. The highest BCUT2D eigenvalue weighted by Gasteiger charge is 2.13. The third-order valence-electron chi connectivity index (χ3n) is 5.07. The minimum atomic E-state index is -0.298. The van der Waals surface area contributed by atoms with Crippen LogP contribution in [0.5, 0.6) is 0 Å². The topological polar surface area (TPSA) is 81.8 Å². The molecule has 0 saturated carbocycles. The van der Waals surface area contributed by atoms with Crippen molar-refractivity contribution < 1.29 is 4.79 Å². The molecule has 1 N–H and O–H groups in total. The molecule has 1 aromatic carbocycles. The second kappa shape index (κ2) is 8.61. The Morgan fingerprint density at radius 1 is 1.28 bits per heavy atom. The summed E-state index contributed by atoms with van der Waals surface area (Å²) in [5.41, 5.74) is 2.25. The summed E-state index contributed by atoms with van der Waals surface area (Å²) in [6.07, 6.45) is 10.7. The predicted molar refractivity (Wildman–Crippen MR) is 112 cm³/mol. The van der Waals surface area contributed by atoms with E-state index in [0.29, 0.717) is 28.3 Å².